The molecule has 1 aliphatic rings. The molecule has 0 aromatic carbocycles. The van der Waals surface area contributed by atoms with Gasteiger partial charge in [0.2, 0.25) is 5.91 Å². The first-order valence-electron chi connectivity index (χ1n) is 9.54. The van der Waals surface area contributed by atoms with Gasteiger partial charge in [-0.2, -0.15) is 0 Å². The minimum absolute atomic E-state index is 0.00593. The Balaban J connectivity index is 2.10. The van der Waals surface area contributed by atoms with Crippen molar-refractivity contribution < 1.29 is 4.79 Å². The van der Waals surface area contributed by atoms with Crippen molar-refractivity contribution in [1.82, 2.24) is 9.55 Å². The summed E-state index contributed by atoms with van der Waals surface area (Å²) in [5, 5.41) is 0.779. The van der Waals surface area contributed by atoms with E-state index in [0.29, 0.717) is 12.5 Å². The first kappa shape index (κ1) is 19.1. The molecule has 1 unspecified atom stereocenters. The second-order valence-electron chi connectivity index (χ2n) is 8.44. The Morgan fingerprint density at radius 3 is 2.73 bits per heavy atom. The van der Waals surface area contributed by atoms with E-state index < -0.39 is 0 Å². The molecule has 142 valence electrons. The lowest BCUT2D eigenvalue weighted by molar-refractivity contribution is -0.118. The van der Waals surface area contributed by atoms with E-state index in [1.54, 1.807) is 15.9 Å². The Kier molecular flexibility index (Phi) is 5.24. The van der Waals surface area contributed by atoms with Gasteiger partial charge in [0, 0.05) is 24.3 Å². The van der Waals surface area contributed by atoms with Crippen molar-refractivity contribution in [1.29, 1.82) is 0 Å². The van der Waals surface area contributed by atoms with Crippen LogP contribution in [0.5, 0.6) is 0 Å². The van der Waals surface area contributed by atoms with Gasteiger partial charge in [-0.25, -0.2) is 4.98 Å². The number of aryl methyl sites for hydroxylation is 2. The molecule has 1 atom stereocenters. The molecule has 0 bridgehead atoms. The molecule has 2 heterocycles. The largest absolute Gasteiger partial charge is 0.370 e. The minimum Gasteiger partial charge on any atom is -0.370 e. The van der Waals surface area contributed by atoms with Crippen LogP contribution in [0.25, 0.3) is 10.2 Å². The van der Waals surface area contributed by atoms with Crippen molar-refractivity contribution in [2.24, 2.45) is 17.1 Å². The number of carbonyl (C=O) groups is 1. The second-order valence-corrected chi connectivity index (χ2v) is 9.52. The fraction of sp³-hybridized carbons (Fsp3) is 0.650. The summed E-state index contributed by atoms with van der Waals surface area (Å²) in [6, 6.07) is 0. The normalized spacial score (nSPS) is 17.5. The number of nitrogens with two attached hydrogens (primary N) is 1. The Hall–Kier alpha value is -1.69. The number of fused-ring (bicyclic) bond motifs is 3. The summed E-state index contributed by atoms with van der Waals surface area (Å²) in [6.07, 6.45) is 4.89. The van der Waals surface area contributed by atoms with Crippen molar-refractivity contribution in [3.63, 3.8) is 0 Å². The predicted octanol–water partition coefficient (Wildman–Crippen LogP) is 3.44. The summed E-state index contributed by atoms with van der Waals surface area (Å²) in [5.41, 5.74) is 6.77. The molecule has 0 saturated carbocycles. The van der Waals surface area contributed by atoms with Crippen LogP contribution in [0.15, 0.2) is 4.79 Å². The van der Waals surface area contributed by atoms with E-state index in [1.807, 2.05) is 0 Å². The zero-order valence-electron chi connectivity index (χ0n) is 16.2. The first-order valence-corrected chi connectivity index (χ1v) is 10.4. The summed E-state index contributed by atoms with van der Waals surface area (Å²) in [5.74, 6) is 1.02. The van der Waals surface area contributed by atoms with E-state index in [4.69, 9.17) is 10.7 Å². The molecule has 0 fully saturated rings. The van der Waals surface area contributed by atoms with Crippen LogP contribution in [0.3, 0.4) is 0 Å². The van der Waals surface area contributed by atoms with Gasteiger partial charge >= 0.3 is 0 Å². The third kappa shape index (κ3) is 3.56. The molecule has 6 heteroatoms. The molecule has 2 aromatic heterocycles. The first-order chi connectivity index (χ1) is 12.2. The molecule has 0 saturated heterocycles. The Bertz CT molecular complexity index is 889. The number of thiophene rings is 1. The number of primary amides is 1. The Morgan fingerprint density at radius 2 is 2.12 bits per heavy atom. The van der Waals surface area contributed by atoms with Gasteiger partial charge in [-0.15, -0.1) is 11.3 Å². The predicted molar refractivity (Wildman–Crippen MR) is 107 cm³/mol. The monoisotopic (exact) mass is 375 g/mol. The molecule has 3 rings (SSSR count). The van der Waals surface area contributed by atoms with E-state index >= 15 is 0 Å². The van der Waals surface area contributed by atoms with Gasteiger partial charge < -0.3 is 5.73 Å². The molecular weight excluding hydrogens is 346 g/mol. The highest BCUT2D eigenvalue weighted by atomic mass is 32.1. The summed E-state index contributed by atoms with van der Waals surface area (Å²) in [4.78, 5) is 31.5. The Labute approximate surface area is 158 Å². The maximum absolute atomic E-state index is 13.2. The maximum Gasteiger partial charge on any atom is 0.262 e. The lowest BCUT2D eigenvalue weighted by Crippen LogP contribution is -2.29. The fourth-order valence-electron chi connectivity index (χ4n) is 3.91. The van der Waals surface area contributed by atoms with Gasteiger partial charge in [0.1, 0.15) is 10.7 Å². The van der Waals surface area contributed by atoms with Gasteiger partial charge in [0.15, 0.2) is 0 Å². The number of hydrogen-bond donors (Lipinski definition) is 1. The molecule has 2 N–H and O–H groups in total. The van der Waals surface area contributed by atoms with Crippen LogP contribution in [0.4, 0.5) is 0 Å². The molecule has 26 heavy (non-hydrogen) atoms. The molecule has 1 aliphatic carbocycles. The zero-order valence-corrected chi connectivity index (χ0v) is 17.0. The number of carbonyl (C=O) groups excluding carboxylic acids is 1. The van der Waals surface area contributed by atoms with Gasteiger partial charge in [-0.1, -0.05) is 27.7 Å². The van der Waals surface area contributed by atoms with E-state index in [2.05, 4.69) is 27.7 Å². The lowest BCUT2D eigenvalue weighted by Gasteiger charge is -2.33. The van der Waals surface area contributed by atoms with E-state index in [-0.39, 0.29) is 23.3 Å². The number of aromatic nitrogens is 2. The number of rotatable bonds is 5. The van der Waals surface area contributed by atoms with Gasteiger partial charge in [-0.3, -0.25) is 14.2 Å². The van der Waals surface area contributed by atoms with E-state index in [0.717, 1.165) is 48.1 Å². The third-order valence-electron chi connectivity index (χ3n) is 5.53. The maximum atomic E-state index is 13.2. The standard InChI is InChI=1S/C20H29N3O2S/c1-5-6-16-22-18-17(19(25)23(16)10-9-15(21)24)13-8-7-12(20(2,3)4)11-14(13)26-18/h12H,5-11H2,1-4H3,(H2,21,24). The Morgan fingerprint density at radius 1 is 1.38 bits per heavy atom. The van der Waals surface area contributed by atoms with Crippen LogP contribution in [0, 0.1) is 11.3 Å². The van der Waals surface area contributed by atoms with Crippen LogP contribution in [-0.4, -0.2) is 15.5 Å². The molecule has 1 amide bonds. The third-order valence-corrected chi connectivity index (χ3v) is 6.68. The quantitative estimate of drug-likeness (QED) is 0.869. The average molecular weight is 376 g/mol. The number of nitrogens with zero attached hydrogens (tertiary/aromatic N) is 2. The van der Waals surface area contributed by atoms with Gasteiger partial charge in [-0.05, 0) is 42.6 Å². The highest BCUT2D eigenvalue weighted by molar-refractivity contribution is 7.18. The summed E-state index contributed by atoms with van der Waals surface area (Å²) < 4.78 is 1.68. The lowest BCUT2D eigenvalue weighted by atomic mass is 9.72. The van der Waals surface area contributed by atoms with Crippen molar-refractivity contribution >= 4 is 27.5 Å². The number of hydrogen-bond acceptors (Lipinski definition) is 4. The van der Waals surface area contributed by atoms with E-state index in [1.165, 1.54) is 10.4 Å². The summed E-state index contributed by atoms with van der Waals surface area (Å²) in [7, 11) is 0. The summed E-state index contributed by atoms with van der Waals surface area (Å²) in [6.45, 7) is 9.28. The van der Waals surface area contributed by atoms with Crippen LogP contribution in [0.2, 0.25) is 0 Å². The van der Waals surface area contributed by atoms with Crippen LogP contribution < -0.4 is 11.3 Å². The average Bonchev–Trinajstić information content (AvgIpc) is 2.91. The van der Waals surface area contributed by atoms with Crippen LogP contribution in [-0.2, 0) is 30.6 Å². The molecule has 5 nitrogen and oxygen atoms in total. The van der Waals surface area contributed by atoms with E-state index in [9.17, 15) is 9.59 Å². The highest BCUT2D eigenvalue weighted by Gasteiger charge is 2.32. The second kappa shape index (κ2) is 7.14. The molecule has 0 aliphatic heterocycles. The van der Waals surface area contributed by atoms with Gasteiger partial charge in [0.05, 0.1) is 5.39 Å². The van der Waals surface area contributed by atoms with Gasteiger partial charge in [0.25, 0.3) is 5.56 Å². The molecular formula is C20H29N3O2S. The fourth-order valence-corrected chi connectivity index (χ4v) is 5.22. The van der Waals surface area contributed by atoms with Crippen molar-refractivity contribution in [2.75, 3.05) is 0 Å². The van der Waals surface area contributed by atoms with Crippen molar-refractivity contribution in [3.05, 3.63) is 26.6 Å². The summed E-state index contributed by atoms with van der Waals surface area (Å²) >= 11 is 1.69. The molecule has 0 spiro atoms. The van der Waals surface area contributed by atoms with Crippen molar-refractivity contribution in [2.45, 2.75) is 72.8 Å². The topological polar surface area (TPSA) is 78.0 Å². The smallest absolute Gasteiger partial charge is 0.262 e. The SMILES string of the molecule is CCCc1nc2sc3c(c2c(=O)n1CCC(N)=O)CCC(C(C)(C)C)C3. The van der Waals surface area contributed by atoms with Crippen molar-refractivity contribution in [3.8, 4) is 0 Å². The zero-order chi connectivity index (χ0) is 19.1. The molecule has 0 radical (unpaired) electrons. The minimum atomic E-state index is -0.389. The van der Waals surface area contributed by atoms with Crippen LogP contribution >= 0.6 is 11.3 Å². The highest BCUT2D eigenvalue weighted by Crippen LogP contribution is 2.42. The molecule has 2 aromatic rings. The van der Waals surface area contributed by atoms with Crippen LogP contribution in [0.1, 0.15) is 63.2 Å². The number of amides is 1.